The summed E-state index contributed by atoms with van der Waals surface area (Å²) in [7, 11) is 0. The molecule has 1 atom stereocenters. The van der Waals surface area contributed by atoms with Gasteiger partial charge in [-0.25, -0.2) is 13.9 Å². The number of nitrogens with zero attached hydrogens (tertiary/aromatic N) is 4. The molecule has 0 saturated carbocycles. The predicted molar refractivity (Wildman–Crippen MR) is 88.8 cm³/mol. The molecule has 0 unspecified atom stereocenters. The Labute approximate surface area is 142 Å². The number of aromatic nitrogens is 3. The van der Waals surface area contributed by atoms with Gasteiger partial charge in [0.05, 0.1) is 25.5 Å². The molecule has 0 radical (unpaired) electrons. The lowest BCUT2D eigenvalue weighted by Gasteiger charge is -2.36. The van der Waals surface area contributed by atoms with E-state index in [0.29, 0.717) is 31.2 Å². The van der Waals surface area contributed by atoms with E-state index >= 15 is 0 Å². The zero-order chi connectivity index (χ0) is 17.4. The van der Waals surface area contributed by atoms with E-state index in [1.54, 1.807) is 12.1 Å². The summed E-state index contributed by atoms with van der Waals surface area (Å²) >= 11 is 0. The first-order valence-corrected chi connectivity index (χ1v) is 7.88. The molecule has 3 heterocycles. The largest absolute Gasteiger partial charge is 0.377 e. The second kappa shape index (κ2) is 6.14. The Morgan fingerprint density at radius 3 is 3.00 bits per heavy atom. The molecule has 0 spiro atoms. The zero-order valence-electron chi connectivity index (χ0n) is 13.3. The van der Waals surface area contributed by atoms with E-state index in [1.807, 2.05) is 17.0 Å². The summed E-state index contributed by atoms with van der Waals surface area (Å²) in [6.45, 7) is 1.56. The molecule has 1 fully saturated rings. The molecule has 128 valence electrons. The lowest BCUT2D eigenvalue weighted by molar-refractivity contribution is 0.0934. The minimum Gasteiger partial charge on any atom is -0.377 e. The Bertz CT molecular complexity index is 942. The average molecular weight is 341 g/mol. The highest BCUT2D eigenvalue weighted by Gasteiger charge is 2.27. The number of anilines is 1. The van der Waals surface area contributed by atoms with Gasteiger partial charge in [0.15, 0.2) is 5.65 Å². The number of hydrogen-bond acceptors (Lipinski definition) is 5. The van der Waals surface area contributed by atoms with Gasteiger partial charge in [-0.2, -0.15) is 0 Å². The van der Waals surface area contributed by atoms with Gasteiger partial charge in [-0.1, -0.05) is 12.1 Å². The maximum atomic E-state index is 13.6. The molecule has 1 aliphatic rings. The first-order chi connectivity index (χ1) is 12.1. The minimum absolute atomic E-state index is 0.171. The maximum Gasteiger partial charge on any atom is 0.269 e. The Hall–Kier alpha value is -3.00. The molecule has 8 heteroatoms. The van der Waals surface area contributed by atoms with Crippen LogP contribution in [0.15, 0.2) is 42.6 Å². The van der Waals surface area contributed by atoms with E-state index in [9.17, 15) is 9.18 Å². The van der Waals surface area contributed by atoms with E-state index in [-0.39, 0.29) is 17.6 Å². The van der Waals surface area contributed by atoms with Gasteiger partial charge in [-0.3, -0.25) is 4.79 Å². The number of imidazole rings is 1. The third-order valence-electron chi connectivity index (χ3n) is 4.26. The smallest absolute Gasteiger partial charge is 0.269 e. The number of amides is 1. The molecule has 3 aromatic rings. The van der Waals surface area contributed by atoms with E-state index in [4.69, 9.17) is 10.5 Å². The summed E-state index contributed by atoms with van der Waals surface area (Å²) in [5, 5.41) is 4.51. The van der Waals surface area contributed by atoms with Crippen LogP contribution in [-0.2, 0) is 4.74 Å². The lowest BCUT2D eigenvalue weighted by atomic mass is 10.0. The van der Waals surface area contributed by atoms with Gasteiger partial charge in [-0.05, 0) is 29.8 Å². The first kappa shape index (κ1) is 15.5. The second-order valence-electron chi connectivity index (χ2n) is 5.81. The van der Waals surface area contributed by atoms with Crippen LogP contribution in [0.3, 0.4) is 0 Å². The van der Waals surface area contributed by atoms with Crippen LogP contribution in [0.2, 0.25) is 0 Å². The molecule has 1 aromatic carbocycles. The van der Waals surface area contributed by atoms with Crippen molar-refractivity contribution < 1.29 is 13.9 Å². The zero-order valence-corrected chi connectivity index (χ0v) is 13.3. The highest BCUT2D eigenvalue weighted by molar-refractivity contribution is 5.91. The Morgan fingerprint density at radius 2 is 2.20 bits per heavy atom. The van der Waals surface area contributed by atoms with E-state index in [1.165, 1.54) is 22.8 Å². The van der Waals surface area contributed by atoms with Crippen molar-refractivity contribution in [3.8, 4) is 0 Å². The van der Waals surface area contributed by atoms with Crippen LogP contribution in [0.5, 0.6) is 0 Å². The van der Waals surface area contributed by atoms with Crippen LogP contribution < -0.4 is 10.6 Å². The molecule has 0 aliphatic carbocycles. The van der Waals surface area contributed by atoms with Crippen molar-refractivity contribution in [3.63, 3.8) is 0 Å². The van der Waals surface area contributed by atoms with Gasteiger partial charge < -0.3 is 15.4 Å². The van der Waals surface area contributed by atoms with Crippen molar-refractivity contribution in [1.82, 2.24) is 14.6 Å². The molecule has 0 bridgehead atoms. The molecule has 1 aliphatic heterocycles. The fraction of sp³-hybridized carbons (Fsp3) is 0.235. The number of halogens is 1. The number of benzene rings is 1. The van der Waals surface area contributed by atoms with Crippen molar-refractivity contribution in [2.75, 3.05) is 24.7 Å². The summed E-state index contributed by atoms with van der Waals surface area (Å²) < 4.78 is 20.6. The third-order valence-corrected chi connectivity index (χ3v) is 4.26. The van der Waals surface area contributed by atoms with Crippen molar-refractivity contribution >= 4 is 17.4 Å². The summed E-state index contributed by atoms with van der Waals surface area (Å²) in [6.07, 6.45) is 1.40. The fourth-order valence-electron chi connectivity index (χ4n) is 3.05. The van der Waals surface area contributed by atoms with Crippen LogP contribution in [0.4, 0.5) is 10.2 Å². The summed E-state index contributed by atoms with van der Waals surface area (Å²) in [4.78, 5) is 17.7. The van der Waals surface area contributed by atoms with Crippen molar-refractivity contribution in [3.05, 3.63) is 59.7 Å². The molecule has 1 saturated heterocycles. The van der Waals surface area contributed by atoms with Crippen LogP contribution in [-0.4, -0.2) is 40.3 Å². The molecule has 1 amide bonds. The highest BCUT2D eigenvalue weighted by Crippen LogP contribution is 2.29. The van der Waals surface area contributed by atoms with Crippen LogP contribution in [0.25, 0.3) is 5.65 Å². The second-order valence-corrected chi connectivity index (χ2v) is 5.81. The molecular formula is C17H16FN5O2. The Kier molecular flexibility index (Phi) is 3.81. The monoisotopic (exact) mass is 341 g/mol. The number of carbonyl (C=O) groups excluding carboxylic acids is 1. The molecule has 4 rings (SSSR count). The molecule has 2 aromatic heterocycles. The number of ether oxygens (including phenoxy) is 1. The van der Waals surface area contributed by atoms with E-state index < -0.39 is 5.91 Å². The van der Waals surface area contributed by atoms with Gasteiger partial charge in [0.1, 0.15) is 17.3 Å². The predicted octanol–water partition coefficient (Wildman–Crippen LogP) is 1.55. The number of carbonyl (C=O) groups is 1. The number of primary amides is 1. The quantitative estimate of drug-likeness (QED) is 0.781. The van der Waals surface area contributed by atoms with E-state index in [0.717, 1.165) is 5.56 Å². The SMILES string of the molecule is NC(=O)c1cnc2ccc(N3CCOC[C@H]3c3cccc(F)c3)nn12. The average Bonchev–Trinajstić information content (AvgIpc) is 3.05. The highest BCUT2D eigenvalue weighted by atomic mass is 19.1. The first-order valence-electron chi connectivity index (χ1n) is 7.88. The topological polar surface area (TPSA) is 85.8 Å². The van der Waals surface area contributed by atoms with Crippen molar-refractivity contribution in [2.24, 2.45) is 5.73 Å². The normalized spacial score (nSPS) is 17.8. The number of nitrogens with two attached hydrogens (primary N) is 1. The molecule has 7 nitrogen and oxygen atoms in total. The Balaban J connectivity index is 1.76. The maximum absolute atomic E-state index is 13.6. The van der Waals surface area contributed by atoms with Gasteiger partial charge in [0.25, 0.3) is 5.91 Å². The minimum atomic E-state index is -0.596. The third kappa shape index (κ3) is 2.80. The summed E-state index contributed by atoms with van der Waals surface area (Å²) in [6, 6.07) is 9.87. The fourth-order valence-corrected chi connectivity index (χ4v) is 3.05. The van der Waals surface area contributed by atoms with Crippen molar-refractivity contribution in [1.29, 1.82) is 0 Å². The lowest BCUT2D eigenvalue weighted by Crippen LogP contribution is -2.40. The number of rotatable bonds is 3. The van der Waals surface area contributed by atoms with E-state index in [2.05, 4.69) is 10.1 Å². The van der Waals surface area contributed by atoms with Crippen LogP contribution in [0, 0.1) is 5.82 Å². The van der Waals surface area contributed by atoms with Gasteiger partial charge in [0, 0.05) is 6.54 Å². The summed E-state index contributed by atoms with van der Waals surface area (Å²) in [5.41, 5.74) is 6.93. The molecular weight excluding hydrogens is 325 g/mol. The number of hydrogen-bond donors (Lipinski definition) is 1. The van der Waals surface area contributed by atoms with Gasteiger partial charge in [0.2, 0.25) is 0 Å². The van der Waals surface area contributed by atoms with Crippen molar-refractivity contribution in [2.45, 2.75) is 6.04 Å². The summed E-state index contributed by atoms with van der Waals surface area (Å²) in [5.74, 6) is -0.247. The van der Waals surface area contributed by atoms with Gasteiger partial charge >= 0.3 is 0 Å². The van der Waals surface area contributed by atoms with Crippen LogP contribution >= 0.6 is 0 Å². The standard InChI is InChI=1S/C17H16FN5O2/c18-12-3-1-2-11(8-12)14-10-25-7-6-22(14)16-5-4-15-20-9-13(17(19)24)23(15)21-16/h1-5,8-9,14H,6-7,10H2,(H2,19,24)/t14-/m0/s1. The molecule has 2 N–H and O–H groups in total. The number of fused-ring (bicyclic) bond motifs is 1. The van der Waals surface area contributed by atoms with Crippen LogP contribution in [0.1, 0.15) is 22.1 Å². The molecule has 25 heavy (non-hydrogen) atoms. The Morgan fingerprint density at radius 1 is 1.32 bits per heavy atom. The number of morpholine rings is 1. The van der Waals surface area contributed by atoms with Gasteiger partial charge in [-0.15, -0.1) is 5.10 Å².